The molecule has 1 aliphatic heterocycles. The van der Waals surface area contributed by atoms with Crippen LogP contribution in [0.25, 0.3) is 0 Å². The van der Waals surface area contributed by atoms with Crippen molar-refractivity contribution >= 4 is 39.8 Å². The number of nitrogens with zero attached hydrogens (tertiary/aromatic N) is 2. The van der Waals surface area contributed by atoms with Crippen LogP contribution in [0, 0.1) is 0 Å². The van der Waals surface area contributed by atoms with Crippen molar-refractivity contribution in [1.29, 1.82) is 0 Å². The van der Waals surface area contributed by atoms with Crippen LogP contribution >= 0.6 is 24.0 Å². The van der Waals surface area contributed by atoms with Crippen molar-refractivity contribution in [2.75, 3.05) is 46.1 Å². The first kappa shape index (κ1) is 27.0. The van der Waals surface area contributed by atoms with E-state index in [1.165, 1.54) is 24.7 Å². The largest absolute Gasteiger partial charge is 0.497 e. The van der Waals surface area contributed by atoms with E-state index >= 15 is 0 Å². The molecule has 0 bridgehead atoms. The third-order valence-corrected chi connectivity index (χ3v) is 7.63. The summed E-state index contributed by atoms with van der Waals surface area (Å²) in [5, 5.41) is 6.65. The van der Waals surface area contributed by atoms with E-state index in [2.05, 4.69) is 32.7 Å². The highest BCUT2D eigenvalue weighted by atomic mass is 127. The molecule has 1 aromatic rings. The highest BCUT2D eigenvalue weighted by Crippen LogP contribution is 2.27. The van der Waals surface area contributed by atoms with Gasteiger partial charge in [0.2, 0.25) is 0 Å². The number of likely N-dealkylation sites (tertiary alicyclic amines) is 1. The number of aliphatic imine (C=N–C) groups is 1. The van der Waals surface area contributed by atoms with Gasteiger partial charge in [-0.25, -0.2) is 8.42 Å². The van der Waals surface area contributed by atoms with E-state index in [0.29, 0.717) is 19.0 Å². The summed E-state index contributed by atoms with van der Waals surface area (Å²) in [6.07, 6.45) is 3.67. The number of benzene rings is 1. The fourth-order valence-corrected chi connectivity index (χ4v) is 3.58. The Balaban J connectivity index is 0.00000450. The molecule has 1 saturated heterocycles. The molecule has 1 fully saturated rings. The molecule has 9 heteroatoms. The molecule has 2 rings (SSSR count). The summed E-state index contributed by atoms with van der Waals surface area (Å²) < 4.78 is 28.5. The van der Waals surface area contributed by atoms with E-state index in [-0.39, 0.29) is 36.6 Å². The Morgan fingerprint density at radius 1 is 1.27 bits per heavy atom. The van der Waals surface area contributed by atoms with Gasteiger partial charge in [0.1, 0.15) is 5.75 Å². The van der Waals surface area contributed by atoms with Gasteiger partial charge in [-0.05, 0) is 64.4 Å². The number of nitrogens with one attached hydrogen (secondary N) is 2. The number of ether oxygens (including phenoxy) is 1. The van der Waals surface area contributed by atoms with Gasteiger partial charge < -0.3 is 15.4 Å². The van der Waals surface area contributed by atoms with Crippen LogP contribution in [-0.2, 0) is 9.84 Å². The highest BCUT2D eigenvalue weighted by Gasteiger charge is 2.30. The average molecular weight is 553 g/mol. The Bertz CT molecular complexity index is 793. The molecule has 30 heavy (non-hydrogen) atoms. The maximum Gasteiger partial charge on any atom is 0.191 e. The molecule has 172 valence electrons. The van der Waals surface area contributed by atoms with Crippen molar-refractivity contribution in [3.63, 3.8) is 0 Å². The Morgan fingerprint density at radius 2 is 1.93 bits per heavy atom. The van der Waals surface area contributed by atoms with Gasteiger partial charge >= 0.3 is 0 Å². The van der Waals surface area contributed by atoms with Crippen molar-refractivity contribution in [2.45, 2.75) is 44.4 Å². The molecule has 0 aliphatic carbocycles. The minimum absolute atomic E-state index is 0. The predicted octanol–water partition coefficient (Wildman–Crippen LogP) is 2.83. The molecular weight excluding hydrogens is 515 g/mol. The molecule has 1 heterocycles. The van der Waals surface area contributed by atoms with Crippen molar-refractivity contribution < 1.29 is 13.2 Å². The van der Waals surface area contributed by atoms with E-state index < -0.39 is 14.6 Å². The van der Waals surface area contributed by atoms with Crippen LogP contribution in [0.1, 0.15) is 45.2 Å². The van der Waals surface area contributed by atoms with Gasteiger partial charge in [-0.1, -0.05) is 12.1 Å². The summed E-state index contributed by atoms with van der Waals surface area (Å²) in [5.41, 5.74) is 1.20. The summed E-state index contributed by atoms with van der Waals surface area (Å²) in [6, 6.07) is 8.38. The summed E-state index contributed by atoms with van der Waals surface area (Å²) in [4.78, 5) is 7.03. The molecule has 1 aromatic carbocycles. The monoisotopic (exact) mass is 552 g/mol. The smallest absolute Gasteiger partial charge is 0.191 e. The Hall–Kier alpha value is -1.07. The fraction of sp³-hybridized carbons (Fsp3) is 0.667. The van der Waals surface area contributed by atoms with Gasteiger partial charge in [0.25, 0.3) is 0 Å². The maximum atomic E-state index is 12.0. The minimum atomic E-state index is -3.19. The van der Waals surface area contributed by atoms with Crippen LogP contribution in [0.4, 0.5) is 0 Å². The number of methoxy groups -OCH3 is 1. The third-order valence-electron chi connectivity index (χ3n) is 5.49. The number of rotatable bonds is 9. The maximum absolute atomic E-state index is 12.0. The zero-order valence-electron chi connectivity index (χ0n) is 18.8. The summed E-state index contributed by atoms with van der Waals surface area (Å²) in [7, 11) is -1.51. The Morgan fingerprint density at radius 3 is 2.50 bits per heavy atom. The second-order valence-electron chi connectivity index (χ2n) is 8.14. The lowest BCUT2D eigenvalue weighted by atomic mass is 10.1. The molecule has 7 nitrogen and oxygen atoms in total. The number of hydrogen-bond acceptors (Lipinski definition) is 5. The lowest BCUT2D eigenvalue weighted by Crippen LogP contribution is -2.44. The predicted molar refractivity (Wildman–Crippen MR) is 135 cm³/mol. The lowest BCUT2D eigenvalue weighted by molar-refractivity contribution is 0.245. The topological polar surface area (TPSA) is 83.0 Å². The van der Waals surface area contributed by atoms with E-state index in [9.17, 15) is 8.42 Å². The van der Waals surface area contributed by atoms with Crippen LogP contribution in [0.2, 0.25) is 0 Å². The minimum Gasteiger partial charge on any atom is -0.497 e. The second kappa shape index (κ2) is 12.1. The molecule has 2 N–H and O–H groups in total. The number of halogens is 1. The molecule has 1 unspecified atom stereocenters. The fourth-order valence-electron chi connectivity index (χ4n) is 3.28. The number of sulfone groups is 1. The second-order valence-corrected chi connectivity index (χ2v) is 10.8. The van der Waals surface area contributed by atoms with Crippen LogP contribution in [0.3, 0.4) is 0 Å². The zero-order chi connectivity index (χ0) is 21.5. The lowest BCUT2D eigenvalue weighted by Gasteiger charge is -2.29. The van der Waals surface area contributed by atoms with E-state index in [1.54, 1.807) is 21.0 Å². The van der Waals surface area contributed by atoms with Crippen LogP contribution < -0.4 is 15.4 Å². The first-order valence-corrected chi connectivity index (χ1v) is 12.2. The SMILES string of the molecule is CCNC(=NCC(C)(C)S(C)(=O)=O)NCC(c1cccc(OC)c1)N1CCCC1.I. The molecule has 0 aromatic heterocycles. The quantitative estimate of drug-likeness (QED) is 0.279. The van der Waals surface area contributed by atoms with E-state index in [4.69, 9.17) is 4.74 Å². The van der Waals surface area contributed by atoms with Crippen LogP contribution in [0.15, 0.2) is 29.3 Å². The van der Waals surface area contributed by atoms with Gasteiger partial charge in [0.15, 0.2) is 15.8 Å². The Labute approximate surface area is 199 Å². The molecule has 0 radical (unpaired) electrons. The first-order chi connectivity index (χ1) is 13.7. The van der Waals surface area contributed by atoms with Gasteiger partial charge in [-0.3, -0.25) is 9.89 Å². The average Bonchev–Trinajstić information content (AvgIpc) is 3.20. The third kappa shape index (κ3) is 7.56. The van der Waals surface area contributed by atoms with Gasteiger partial charge in [0, 0.05) is 19.3 Å². The van der Waals surface area contributed by atoms with E-state index in [1.807, 2.05) is 19.1 Å². The molecule has 1 aliphatic rings. The van der Waals surface area contributed by atoms with Crippen molar-refractivity contribution in [3.8, 4) is 5.75 Å². The normalized spacial score (nSPS) is 16.6. The van der Waals surface area contributed by atoms with Gasteiger partial charge in [-0.15, -0.1) is 24.0 Å². The van der Waals surface area contributed by atoms with E-state index in [0.717, 1.165) is 18.8 Å². The van der Waals surface area contributed by atoms with Crippen molar-refractivity contribution in [2.24, 2.45) is 4.99 Å². The Kier molecular flexibility index (Phi) is 10.9. The standard InChI is InChI=1S/C21H36N4O3S.HI/c1-6-22-20(24-16-21(2,3)29(5,26)27)23-15-19(25-12-7-8-13-25)17-10-9-11-18(14-17)28-4;/h9-11,14,19H,6-8,12-13,15-16H2,1-5H3,(H2,22,23,24);1H. The van der Waals surface area contributed by atoms with Crippen LogP contribution in [-0.4, -0.2) is 70.1 Å². The molecule has 0 saturated carbocycles. The molecule has 0 spiro atoms. The summed E-state index contributed by atoms with van der Waals surface area (Å²) >= 11 is 0. The van der Waals surface area contributed by atoms with Gasteiger partial charge in [-0.2, -0.15) is 0 Å². The zero-order valence-corrected chi connectivity index (χ0v) is 21.9. The first-order valence-electron chi connectivity index (χ1n) is 10.3. The van der Waals surface area contributed by atoms with Crippen molar-refractivity contribution in [1.82, 2.24) is 15.5 Å². The number of guanidine groups is 1. The highest BCUT2D eigenvalue weighted by molar-refractivity contribution is 14.0. The molecule has 0 amide bonds. The van der Waals surface area contributed by atoms with Crippen LogP contribution in [0.5, 0.6) is 5.75 Å². The molecular formula is C21H37IN4O3S. The molecule has 1 atom stereocenters. The van der Waals surface area contributed by atoms with Gasteiger partial charge in [0.05, 0.1) is 24.4 Å². The number of hydrogen-bond donors (Lipinski definition) is 2. The summed E-state index contributed by atoms with van der Waals surface area (Å²) in [6.45, 7) is 9.14. The summed E-state index contributed by atoms with van der Waals surface area (Å²) in [5.74, 6) is 1.48. The van der Waals surface area contributed by atoms with Crippen molar-refractivity contribution in [3.05, 3.63) is 29.8 Å².